The number of furan rings is 1. The van der Waals surface area contributed by atoms with E-state index in [4.69, 9.17) is 9.15 Å². The molecule has 1 heterocycles. The van der Waals surface area contributed by atoms with Crippen molar-refractivity contribution in [1.29, 1.82) is 0 Å². The van der Waals surface area contributed by atoms with Crippen molar-refractivity contribution in [3.63, 3.8) is 0 Å². The topological polar surface area (TPSA) is 54.7 Å². The quantitative estimate of drug-likeness (QED) is 0.804. The zero-order chi connectivity index (χ0) is 16.9. The van der Waals surface area contributed by atoms with E-state index in [0.717, 1.165) is 5.76 Å². The van der Waals surface area contributed by atoms with Gasteiger partial charge in [-0.1, -0.05) is 0 Å². The predicted molar refractivity (Wildman–Crippen MR) is 90.9 cm³/mol. The first kappa shape index (κ1) is 19.0. The molecule has 1 aromatic rings. The highest BCUT2D eigenvalue weighted by Crippen LogP contribution is 2.20. The average molecular weight is 375 g/mol. The predicted octanol–water partition coefficient (Wildman–Crippen LogP) is 4.34. The smallest absolute Gasteiger partial charge is 0.410 e. The van der Waals surface area contributed by atoms with Gasteiger partial charge in [-0.15, -0.1) is 0 Å². The van der Waals surface area contributed by atoms with Crippen molar-refractivity contribution >= 4 is 22.0 Å². The van der Waals surface area contributed by atoms with E-state index in [1.807, 2.05) is 53.7 Å². The molecule has 1 unspecified atom stereocenters. The Bertz CT molecular complexity index is 480. The number of rotatable bonds is 6. The largest absolute Gasteiger partial charge is 0.453 e. The molecule has 5 nitrogen and oxygen atoms in total. The maximum atomic E-state index is 12.2. The fraction of sp³-hybridized carbons (Fsp3) is 0.688. The third-order valence-corrected chi connectivity index (χ3v) is 3.50. The Morgan fingerprint density at radius 3 is 2.45 bits per heavy atom. The van der Waals surface area contributed by atoms with Crippen LogP contribution in [0.25, 0.3) is 0 Å². The molecule has 0 fully saturated rings. The molecular formula is C16H27BrN2O3. The van der Waals surface area contributed by atoms with Crippen molar-refractivity contribution in [3.05, 3.63) is 22.6 Å². The summed E-state index contributed by atoms with van der Waals surface area (Å²) in [5.41, 5.74) is -0.481. The van der Waals surface area contributed by atoms with Crippen LogP contribution in [0.5, 0.6) is 0 Å². The van der Waals surface area contributed by atoms with Gasteiger partial charge in [0.1, 0.15) is 11.4 Å². The molecule has 126 valence electrons. The van der Waals surface area contributed by atoms with Gasteiger partial charge in [0, 0.05) is 19.1 Å². The van der Waals surface area contributed by atoms with Crippen LogP contribution in [0.3, 0.4) is 0 Å². The van der Waals surface area contributed by atoms with Crippen LogP contribution in [0.4, 0.5) is 4.79 Å². The standard InChI is InChI=1S/C16H27BrN2O3/c1-11(2)19(15(20)22-16(4,5)6)10-9-18-12(3)13-7-8-14(17)21-13/h7-8,11-12,18H,9-10H2,1-6H3. The van der Waals surface area contributed by atoms with Crippen molar-refractivity contribution < 1.29 is 13.9 Å². The molecule has 0 aromatic carbocycles. The first-order chi connectivity index (χ1) is 10.1. The van der Waals surface area contributed by atoms with E-state index in [2.05, 4.69) is 21.2 Å². The second-order valence-electron chi connectivity index (χ2n) is 6.59. The van der Waals surface area contributed by atoms with Crippen molar-refractivity contribution in [2.75, 3.05) is 13.1 Å². The summed E-state index contributed by atoms with van der Waals surface area (Å²) in [4.78, 5) is 13.9. The summed E-state index contributed by atoms with van der Waals surface area (Å²) in [6.07, 6.45) is -0.280. The van der Waals surface area contributed by atoms with Gasteiger partial charge in [-0.3, -0.25) is 0 Å². The Kier molecular flexibility index (Phi) is 6.94. The second-order valence-corrected chi connectivity index (χ2v) is 7.37. The number of carbonyl (C=O) groups is 1. The number of carbonyl (C=O) groups excluding carboxylic acids is 1. The SMILES string of the molecule is CC(NCCN(C(=O)OC(C)(C)C)C(C)C)c1ccc(Br)o1. The first-order valence-electron chi connectivity index (χ1n) is 7.58. The maximum Gasteiger partial charge on any atom is 0.410 e. The fourth-order valence-electron chi connectivity index (χ4n) is 1.94. The number of halogens is 1. The van der Waals surface area contributed by atoms with E-state index in [9.17, 15) is 4.79 Å². The van der Waals surface area contributed by atoms with Crippen LogP contribution >= 0.6 is 15.9 Å². The van der Waals surface area contributed by atoms with Gasteiger partial charge in [0.2, 0.25) is 0 Å². The van der Waals surface area contributed by atoms with Crippen molar-refractivity contribution in [2.45, 2.75) is 59.2 Å². The fourth-order valence-corrected chi connectivity index (χ4v) is 2.26. The lowest BCUT2D eigenvalue weighted by Gasteiger charge is -2.30. The molecule has 1 atom stereocenters. The van der Waals surface area contributed by atoms with Gasteiger partial charge in [0.25, 0.3) is 0 Å². The van der Waals surface area contributed by atoms with Gasteiger partial charge in [-0.05, 0) is 69.6 Å². The molecule has 0 bridgehead atoms. The molecule has 0 aliphatic rings. The maximum absolute atomic E-state index is 12.2. The number of hydrogen-bond acceptors (Lipinski definition) is 4. The monoisotopic (exact) mass is 374 g/mol. The summed E-state index contributed by atoms with van der Waals surface area (Å²) >= 11 is 3.29. The van der Waals surface area contributed by atoms with Gasteiger partial charge in [-0.25, -0.2) is 4.79 Å². The van der Waals surface area contributed by atoms with Crippen LogP contribution in [0, 0.1) is 0 Å². The van der Waals surface area contributed by atoms with Crippen LogP contribution < -0.4 is 5.32 Å². The lowest BCUT2D eigenvalue weighted by Crippen LogP contribution is -2.44. The Morgan fingerprint density at radius 1 is 1.36 bits per heavy atom. The lowest BCUT2D eigenvalue weighted by atomic mass is 10.2. The molecule has 1 amide bonds. The minimum Gasteiger partial charge on any atom is -0.453 e. The van der Waals surface area contributed by atoms with Crippen LogP contribution in [0.15, 0.2) is 21.2 Å². The van der Waals surface area contributed by atoms with E-state index >= 15 is 0 Å². The van der Waals surface area contributed by atoms with Crippen molar-refractivity contribution in [3.8, 4) is 0 Å². The average Bonchev–Trinajstić information content (AvgIpc) is 2.78. The highest BCUT2D eigenvalue weighted by molar-refractivity contribution is 9.10. The molecule has 0 spiro atoms. The molecule has 22 heavy (non-hydrogen) atoms. The summed E-state index contributed by atoms with van der Waals surface area (Å²) in [5, 5.41) is 3.35. The molecule has 0 aliphatic carbocycles. The van der Waals surface area contributed by atoms with E-state index in [0.29, 0.717) is 17.8 Å². The summed E-state index contributed by atoms with van der Waals surface area (Å²) < 4.78 is 11.7. The molecular weight excluding hydrogens is 348 g/mol. The number of nitrogens with one attached hydrogen (secondary N) is 1. The Morgan fingerprint density at radius 2 is 2.00 bits per heavy atom. The van der Waals surface area contributed by atoms with Crippen LogP contribution in [-0.2, 0) is 4.74 Å². The number of hydrogen-bond donors (Lipinski definition) is 1. The third kappa shape index (κ3) is 6.40. The van der Waals surface area contributed by atoms with Gasteiger partial charge >= 0.3 is 6.09 Å². The van der Waals surface area contributed by atoms with Crippen LogP contribution in [0.2, 0.25) is 0 Å². The normalized spacial score (nSPS) is 13.3. The van der Waals surface area contributed by atoms with E-state index < -0.39 is 5.60 Å². The molecule has 0 radical (unpaired) electrons. The number of nitrogens with zero attached hydrogens (tertiary/aromatic N) is 1. The van der Waals surface area contributed by atoms with E-state index in [-0.39, 0.29) is 18.2 Å². The minimum atomic E-state index is -0.481. The zero-order valence-electron chi connectivity index (χ0n) is 14.3. The molecule has 1 aromatic heterocycles. The molecule has 0 saturated heterocycles. The molecule has 1 rings (SSSR count). The highest BCUT2D eigenvalue weighted by atomic mass is 79.9. The summed E-state index contributed by atoms with van der Waals surface area (Å²) in [6, 6.07) is 3.97. The third-order valence-electron chi connectivity index (χ3n) is 3.08. The highest BCUT2D eigenvalue weighted by Gasteiger charge is 2.24. The number of amides is 1. The van der Waals surface area contributed by atoms with Crippen molar-refractivity contribution in [2.24, 2.45) is 0 Å². The van der Waals surface area contributed by atoms with Gasteiger partial charge < -0.3 is 19.4 Å². The van der Waals surface area contributed by atoms with Gasteiger partial charge in [0.15, 0.2) is 4.67 Å². The van der Waals surface area contributed by atoms with E-state index in [1.165, 1.54) is 0 Å². The zero-order valence-corrected chi connectivity index (χ0v) is 15.9. The molecule has 0 saturated carbocycles. The summed E-state index contributed by atoms with van der Waals surface area (Å²) in [6.45, 7) is 12.9. The first-order valence-corrected chi connectivity index (χ1v) is 8.37. The van der Waals surface area contributed by atoms with E-state index in [1.54, 1.807) is 4.90 Å². The Labute approximate surface area is 141 Å². The minimum absolute atomic E-state index is 0.0824. The summed E-state index contributed by atoms with van der Waals surface area (Å²) in [7, 11) is 0. The van der Waals surface area contributed by atoms with Gasteiger partial charge in [-0.2, -0.15) is 0 Å². The molecule has 0 aliphatic heterocycles. The Hall–Kier alpha value is -1.01. The second kappa shape index (κ2) is 8.02. The lowest BCUT2D eigenvalue weighted by molar-refractivity contribution is 0.0192. The summed E-state index contributed by atoms with van der Waals surface area (Å²) in [5.74, 6) is 0.861. The van der Waals surface area contributed by atoms with Crippen molar-refractivity contribution in [1.82, 2.24) is 10.2 Å². The Balaban J connectivity index is 2.49. The van der Waals surface area contributed by atoms with Gasteiger partial charge in [0.05, 0.1) is 6.04 Å². The number of ether oxygens (including phenoxy) is 1. The molecule has 6 heteroatoms. The van der Waals surface area contributed by atoms with Crippen LogP contribution in [-0.4, -0.2) is 35.7 Å². The van der Waals surface area contributed by atoms with Crippen LogP contribution in [0.1, 0.15) is 53.3 Å². The molecule has 1 N–H and O–H groups in total.